The summed E-state index contributed by atoms with van der Waals surface area (Å²) in [7, 11) is -3.60. The van der Waals surface area contributed by atoms with Crippen LogP contribution in [0.5, 0.6) is 11.5 Å². The predicted octanol–water partition coefficient (Wildman–Crippen LogP) is 1.14. The first-order chi connectivity index (χ1) is 9.95. The SMILES string of the molecule is CCN(CCC(N)=S)S(=O)(=O)c1ccc2c(c1)OCCO2. The molecule has 0 aromatic heterocycles. The number of fused-ring (bicyclic) bond motifs is 1. The van der Waals surface area contributed by atoms with Crippen LogP contribution in [0, 0.1) is 0 Å². The molecule has 0 amide bonds. The van der Waals surface area contributed by atoms with Crippen molar-refractivity contribution in [1.29, 1.82) is 0 Å². The first-order valence-electron chi connectivity index (χ1n) is 6.63. The highest BCUT2D eigenvalue weighted by molar-refractivity contribution is 7.89. The number of ether oxygens (including phenoxy) is 2. The second-order valence-electron chi connectivity index (χ2n) is 4.52. The fraction of sp³-hybridized carbons (Fsp3) is 0.462. The van der Waals surface area contributed by atoms with Gasteiger partial charge >= 0.3 is 0 Å². The molecule has 2 rings (SSSR count). The number of hydrogen-bond acceptors (Lipinski definition) is 5. The average Bonchev–Trinajstić information content (AvgIpc) is 2.46. The molecule has 0 atom stereocenters. The minimum absolute atomic E-state index is 0.177. The zero-order valence-corrected chi connectivity index (χ0v) is 13.4. The fourth-order valence-electron chi connectivity index (χ4n) is 2.02. The van der Waals surface area contributed by atoms with Crippen molar-refractivity contribution in [2.45, 2.75) is 18.2 Å². The number of nitrogens with two attached hydrogens (primary N) is 1. The quantitative estimate of drug-likeness (QED) is 0.788. The van der Waals surface area contributed by atoms with E-state index in [2.05, 4.69) is 0 Å². The number of sulfonamides is 1. The molecular formula is C13H18N2O4S2. The van der Waals surface area contributed by atoms with E-state index in [1.54, 1.807) is 13.0 Å². The minimum atomic E-state index is -3.60. The summed E-state index contributed by atoms with van der Waals surface area (Å²) in [6, 6.07) is 4.63. The van der Waals surface area contributed by atoms with Crippen molar-refractivity contribution < 1.29 is 17.9 Å². The van der Waals surface area contributed by atoms with Crippen LogP contribution in [0.3, 0.4) is 0 Å². The Kier molecular flexibility index (Phi) is 5.02. The van der Waals surface area contributed by atoms with Gasteiger partial charge in [-0.3, -0.25) is 0 Å². The molecule has 1 aliphatic rings. The van der Waals surface area contributed by atoms with Crippen molar-refractivity contribution in [3.63, 3.8) is 0 Å². The summed E-state index contributed by atoms with van der Waals surface area (Å²) in [4.78, 5) is 0.474. The predicted molar refractivity (Wildman–Crippen MR) is 83.3 cm³/mol. The van der Waals surface area contributed by atoms with E-state index >= 15 is 0 Å². The van der Waals surface area contributed by atoms with Gasteiger partial charge < -0.3 is 15.2 Å². The van der Waals surface area contributed by atoms with Crippen molar-refractivity contribution >= 4 is 27.2 Å². The van der Waals surface area contributed by atoms with Crippen LogP contribution in [-0.2, 0) is 10.0 Å². The van der Waals surface area contributed by atoms with E-state index < -0.39 is 10.0 Å². The molecule has 0 fully saturated rings. The van der Waals surface area contributed by atoms with Crippen LogP contribution < -0.4 is 15.2 Å². The Hall–Kier alpha value is -1.38. The van der Waals surface area contributed by atoms with Crippen LogP contribution in [0.1, 0.15) is 13.3 Å². The van der Waals surface area contributed by atoms with Crippen LogP contribution in [0.2, 0.25) is 0 Å². The Labute approximate surface area is 129 Å². The lowest BCUT2D eigenvalue weighted by Crippen LogP contribution is -2.33. The summed E-state index contributed by atoms with van der Waals surface area (Å²) in [5.74, 6) is 1.01. The number of benzene rings is 1. The van der Waals surface area contributed by atoms with Gasteiger partial charge in [0.1, 0.15) is 13.2 Å². The van der Waals surface area contributed by atoms with E-state index in [-0.39, 0.29) is 11.4 Å². The van der Waals surface area contributed by atoms with Crippen LogP contribution in [-0.4, -0.2) is 44.0 Å². The van der Waals surface area contributed by atoms with E-state index in [0.717, 1.165) is 0 Å². The smallest absolute Gasteiger partial charge is 0.243 e. The first-order valence-corrected chi connectivity index (χ1v) is 8.48. The molecule has 8 heteroatoms. The highest BCUT2D eigenvalue weighted by atomic mass is 32.2. The normalized spacial score (nSPS) is 14.2. The van der Waals surface area contributed by atoms with Crippen LogP contribution >= 0.6 is 12.2 Å². The van der Waals surface area contributed by atoms with Gasteiger partial charge in [0, 0.05) is 25.6 Å². The van der Waals surface area contributed by atoms with E-state index in [1.165, 1.54) is 16.4 Å². The van der Waals surface area contributed by atoms with Gasteiger partial charge in [-0.1, -0.05) is 19.1 Å². The number of nitrogens with zero attached hydrogens (tertiary/aromatic N) is 1. The van der Waals surface area contributed by atoms with Gasteiger partial charge in [0.15, 0.2) is 11.5 Å². The largest absolute Gasteiger partial charge is 0.486 e. The number of rotatable bonds is 6. The number of hydrogen-bond donors (Lipinski definition) is 1. The van der Waals surface area contributed by atoms with Gasteiger partial charge in [-0.2, -0.15) is 4.31 Å². The van der Waals surface area contributed by atoms with Crippen molar-refractivity contribution in [3.8, 4) is 11.5 Å². The molecule has 0 aliphatic carbocycles. The molecular weight excluding hydrogens is 312 g/mol. The van der Waals surface area contributed by atoms with Crippen LogP contribution in [0.15, 0.2) is 23.1 Å². The summed E-state index contributed by atoms with van der Waals surface area (Å²) in [5, 5.41) is 0. The maximum atomic E-state index is 12.6. The van der Waals surface area contributed by atoms with Gasteiger partial charge in [0.25, 0.3) is 0 Å². The maximum Gasteiger partial charge on any atom is 0.243 e. The molecule has 0 bridgehead atoms. The Morgan fingerprint density at radius 3 is 2.62 bits per heavy atom. The van der Waals surface area contributed by atoms with Crippen LogP contribution in [0.25, 0.3) is 0 Å². The van der Waals surface area contributed by atoms with Gasteiger partial charge in [0.2, 0.25) is 10.0 Å². The second kappa shape index (κ2) is 6.59. The molecule has 0 radical (unpaired) electrons. The molecule has 6 nitrogen and oxygen atoms in total. The van der Waals surface area contributed by atoms with Crippen molar-refractivity contribution in [2.24, 2.45) is 5.73 Å². The standard InChI is InChI=1S/C13H18N2O4S2/c1-2-15(6-5-13(14)20)21(16,17)10-3-4-11-12(9-10)19-8-7-18-11/h3-4,9H,2,5-8H2,1H3,(H2,14,20). The highest BCUT2D eigenvalue weighted by Crippen LogP contribution is 2.33. The Balaban J connectivity index is 2.27. The molecule has 21 heavy (non-hydrogen) atoms. The van der Waals surface area contributed by atoms with Gasteiger partial charge in [-0.25, -0.2) is 8.42 Å². The molecule has 1 aliphatic heterocycles. The molecule has 0 saturated heterocycles. The third-order valence-electron chi connectivity index (χ3n) is 3.11. The van der Waals surface area contributed by atoms with Crippen molar-refractivity contribution in [1.82, 2.24) is 4.31 Å². The number of thiocarbonyl (C=S) groups is 1. The molecule has 1 aromatic rings. The zero-order chi connectivity index (χ0) is 15.5. The van der Waals surface area contributed by atoms with Gasteiger partial charge in [-0.15, -0.1) is 0 Å². The third-order valence-corrected chi connectivity index (χ3v) is 5.29. The lowest BCUT2D eigenvalue weighted by Gasteiger charge is -2.22. The Morgan fingerprint density at radius 2 is 2.00 bits per heavy atom. The lowest BCUT2D eigenvalue weighted by atomic mass is 10.3. The summed E-state index contributed by atoms with van der Waals surface area (Å²) in [5.41, 5.74) is 5.44. The first kappa shape index (κ1) is 16.0. The molecule has 1 aromatic carbocycles. The monoisotopic (exact) mass is 330 g/mol. The summed E-state index contributed by atoms with van der Waals surface area (Å²) in [6.07, 6.45) is 0.354. The van der Waals surface area contributed by atoms with E-state index in [1.807, 2.05) is 0 Å². The Bertz CT molecular complexity index is 631. The Morgan fingerprint density at radius 1 is 1.33 bits per heavy atom. The second-order valence-corrected chi connectivity index (χ2v) is 6.98. The van der Waals surface area contributed by atoms with Crippen molar-refractivity contribution in [3.05, 3.63) is 18.2 Å². The average molecular weight is 330 g/mol. The summed E-state index contributed by atoms with van der Waals surface area (Å²) >= 11 is 4.80. The summed E-state index contributed by atoms with van der Waals surface area (Å²) in [6.45, 7) is 3.26. The lowest BCUT2D eigenvalue weighted by molar-refractivity contribution is 0.171. The third kappa shape index (κ3) is 3.63. The van der Waals surface area contributed by atoms with Crippen molar-refractivity contribution in [2.75, 3.05) is 26.3 Å². The van der Waals surface area contributed by atoms with Gasteiger partial charge in [-0.05, 0) is 12.1 Å². The highest BCUT2D eigenvalue weighted by Gasteiger charge is 2.25. The maximum absolute atomic E-state index is 12.6. The van der Waals surface area contributed by atoms with Gasteiger partial charge in [0.05, 0.1) is 9.88 Å². The summed E-state index contributed by atoms with van der Waals surface area (Å²) < 4.78 is 37.4. The van der Waals surface area contributed by atoms with E-state index in [9.17, 15) is 8.42 Å². The molecule has 0 unspecified atom stereocenters. The molecule has 0 spiro atoms. The fourth-order valence-corrected chi connectivity index (χ4v) is 3.57. The van der Waals surface area contributed by atoms with E-state index in [4.69, 9.17) is 27.4 Å². The minimum Gasteiger partial charge on any atom is -0.486 e. The topological polar surface area (TPSA) is 81.9 Å². The molecule has 116 valence electrons. The van der Waals surface area contributed by atoms with Crippen LogP contribution in [0.4, 0.5) is 0 Å². The van der Waals surface area contributed by atoms with E-state index in [0.29, 0.717) is 42.7 Å². The molecule has 0 saturated carbocycles. The molecule has 2 N–H and O–H groups in total. The zero-order valence-electron chi connectivity index (χ0n) is 11.7. The molecule has 1 heterocycles.